The van der Waals surface area contributed by atoms with Gasteiger partial charge in [0, 0.05) is 19.7 Å². The highest BCUT2D eigenvalue weighted by molar-refractivity contribution is 8.00. The van der Waals surface area contributed by atoms with E-state index in [4.69, 9.17) is 10.5 Å². The Morgan fingerprint density at radius 3 is 3.06 bits per heavy atom. The molecule has 0 saturated carbocycles. The van der Waals surface area contributed by atoms with E-state index in [1.807, 2.05) is 0 Å². The predicted octanol–water partition coefficient (Wildman–Crippen LogP) is -0.405. The lowest BCUT2D eigenvalue weighted by molar-refractivity contribution is -0.120. The lowest BCUT2D eigenvalue weighted by Crippen LogP contribution is -2.33. The number of hydrogen-bond donors (Lipinski definition) is 3. The summed E-state index contributed by atoms with van der Waals surface area (Å²) in [5.74, 6) is -0.0182. The molecular formula is C10H16N4O3S. The minimum atomic E-state index is -0.383. The molecule has 1 amide bonds. The molecule has 0 radical (unpaired) electrons. The van der Waals surface area contributed by atoms with Crippen LogP contribution in [0.4, 0.5) is 5.82 Å². The molecule has 0 saturated heterocycles. The highest BCUT2D eigenvalue weighted by Crippen LogP contribution is 2.18. The Bertz CT molecular complexity index is 463. The Hall–Kier alpha value is -1.54. The number of nitrogen functional groups attached to an aromatic ring is 1. The van der Waals surface area contributed by atoms with E-state index in [1.165, 1.54) is 6.07 Å². The van der Waals surface area contributed by atoms with E-state index in [9.17, 15) is 9.59 Å². The van der Waals surface area contributed by atoms with Crippen molar-refractivity contribution < 1.29 is 9.53 Å². The van der Waals surface area contributed by atoms with Gasteiger partial charge in [-0.3, -0.25) is 9.59 Å². The Morgan fingerprint density at radius 1 is 1.72 bits per heavy atom. The van der Waals surface area contributed by atoms with Crippen LogP contribution in [-0.4, -0.2) is 41.4 Å². The fourth-order valence-corrected chi connectivity index (χ4v) is 1.99. The Kier molecular flexibility index (Phi) is 5.66. The second-order valence-electron chi connectivity index (χ2n) is 3.52. The van der Waals surface area contributed by atoms with Crippen molar-refractivity contribution in [2.45, 2.75) is 17.3 Å². The lowest BCUT2D eigenvalue weighted by atomic mass is 10.4. The molecule has 8 heteroatoms. The summed E-state index contributed by atoms with van der Waals surface area (Å²) in [5, 5.41) is 2.64. The standard InChI is InChI=1S/C10H16N4O3S/c1-6(9(16)12-3-4-17-2)18-10-13-7(11)5-8(15)14-10/h5-6H,3-4H2,1-2H3,(H,12,16)(H3,11,13,14,15). The van der Waals surface area contributed by atoms with Crippen LogP contribution in [0, 0.1) is 0 Å². The van der Waals surface area contributed by atoms with Gasteiger partial charge in [0.05, 0.1) is 11.9 Å². The quantitative estimate of drug-likeness (QED) is 0.369. The first-order valence-electron chi connectivity index (χ1n) is 5.33. The number of carbonyl (C=O) groups excluding carboxylic acids is 1. The van der Waals surface area contributed by atoms with Gasteiger partial charge in [-0.25, -0.2) is 4.98 Å². The maximum Gasteiger partial charge on any atom is 0.253 e. The van der Waals surface area contributed by atoms with E-state index in [0.717, 1.165) is 11.8 Å². The minimum Gasteiger partial charge on any atom is -0.383 e. The number of nitrogens with one attached hydrogen (secondary N) is 2. The molecule has 0 aromatic carbocycles. The van der Waals surface area contributed by atoms with Crippen molar-refractivity contribution in [3.63, 3.8) is 0 Å². The molecule has 0 fully saturated rings. The van der Waals surface area contributed by atoms with Gasteiger partial charge in [0.15, 0.2) is 5.16 Å². The number of nitrogens with two attached hydrogens (primary N) is 1. The number of methoxy groups -OCH3 is 1. The summed E-state index contributed by atoms with van der Waals surface area (Å²) in [5.41, 5.74) is 5.11. The van der Waals surface area contributed by atoms with Crippen LogP contribution < -0.4 is 16.6 Å². The van der Waals surface area contributed by atoms with E-state index in [2.05, 4.69) is 15.3 Å². The number of hydrogen-bond acceptors (Lipinski definition) is 6. The molecule has 0 spiro atoms. The lowest BCUT2D eigenvalue weighted by Gasteiger charge is -2.10. The Morgan fingerprint density at radius 2 is 2.44 bits per heavy atom. The highest BCUT2D eigenvalue weighted by atomic mass is 32.2. The van der Waals surface area contributed by atoms with E-state index in [-0.39, 0.29) is 22.5 Å². The van der Waals surface area contributed by atoms with Gasteiger partial charge in [-0.15, -0.1) is 0 Å². The van der Waals surface area contributed by atoms with Crippen LogP contribution in [0.1, 0.15) is 6.92 Å². The third-order valence-corrected chi connectivity index (χ3v) is 2.99. The van der Waals surface area contributed by atoms with Crippen molar-refractivity contribution in [3.05, 3.63) is 16.4 Å². The molecule has 4 N–H and O–H groups in total. The van der Waals surface area contributed by atoms with Crippen molar-refractivity contribution in [1.82, 2.24) is 15.3 Å². The highest BCUT2D eigenvalue weighted by Gasteiger charge is 2.15. The zero-order valence-electron chi connectivity index (χ0n) is 10.2. The van der Waals surface area contributed by atoms with Gasteiger partial charge in [0.25, 0.3) is 5.56 Å². The molecule has 1 atom stereocenters. The number of H-pyrrole nitrogens is 1. The number of amides is 1. The van der Waals surface area contributed by atoms with Crippen LogP contribution in [0.15, 0.2) is 16.0 Å². The molecule has 0 bridgehead atoms. The molecule has 1 rings (SSSR count). The summed E-state index contributed by atoms with van der Waals surface area (Å²) in [6, 6.07) is 1.19. The summed E-state index contributed by atoms with van der Waals surface area (Å²) < 4.78 is 4.82. The van der Waals surface area contributed by atoms with Crippen molar-refractivity contribution in [2.24, 2.45) is 0 Å². The van der Waals surface area contributed by atoms with Crippen LogP contribution in [0.2, 0.25) is 0 Å². The van der Waals surface area contributed by atoms with Crippen molar-refractivity contribution in [3.8, 4) is 0 Å². The minimum absolute atomic E-state index is 0.133. The molecule has 100 valence electrons. The van der Waals surface area contributed by atoms with Crippen LogP contribution in [-0.2, 0) is 9.53 Å². The van der Waals surface area contributed by atoms with E-state index >= 15 is 0 Å². The molecule has 1 heterocycles. The van der Waals surface area contributed by atoms with E-state index in [1.54, 1.807) is 14.0 Å². The van der Waals surface area contributed by atoms with Crippen LogP contribution in [0.3, 0.4) is 0 Å². The van der Waals surface area contributed by atoms with Crippen molar-refractivity contribution in [1.29, 1.82) is 0 Å². The Balaban J connectivity index is 2.55. The Labute approximate surface area is 109 Å². The number of ether oxygens (including phenoxy) is 1. The first kappa shape index (κ1) is 14.5. The zero-order valence-corrected chi connectivity index (χ0v) is 11.0. The van der Waals surface area contributed by atoms with E-state index < -0.39 is 0 Å². The number of thioether (sulfide) groups is 1. The summed E-state index contributed by atoms with van der Waals surface area (Å²) in [4.78, 5) is 29.3. The molecule has 18 heavy (non-hydrogen) atoms. The second-order valence-corrected chi connectivity index (χ2v) is 4.85. The fourth-order valence-electron chi connectivity index (χ4n) is 1.15. The van der Waals surface area contributed by atoms with Crippen LogP contribution in [0.5, 0.6) is 0 Å². The van der Waals surface area contributed by atoms with Crippen LogP contribution >= 0.6 is 11.8 Å². The smallest absolute Gasteiger partial charge is 0.253 e. The summed E-state index contributed by atoms with van der Waals surface area (Å²) in [7, 11) is 1.56. The monoisotopic (exact) mass is 272 g/mol. The maximum absolute atomic E-state index is 11.7. The topological polar surface area (TPSA) is 110 Å². The number of aromatic amines is 1. The third kappa shape index (κ3) is 4.76. The van der Waals surface area contributed by atoms with Gasteiger partial charge in [-0.2, -0.15) is 0 Å². The molecule has 7 nitrogen and oxygen atoms in total. The largest absolute Gasteiger partial charge is 0.383 e. The number of carbonyl (C=O) groups is 1. The second kappa shape index (κ2) is 7.02. The summed E-state index contributed by atoms with van der Waals surface area (Å²) in [6.45, 7) is 2.62. The average Bonchev–Trinajstić information content (AvgIpc) is 2.27. The van der Waals surface area contributed by atoms with Gasteiger partial charge in [-0.1, -0.05) is 11.8 Å². The number of anilines is 1. The van der Waals surface area contributed by atoms with Gasteiger partial charge in [0.2, 0.25) is 5.91 Å². The number of rotatable bonds is 6. The van der Waals surface area contributed by atoms with Crippen molar-refractivity contribution >= 4 is 23.5 Å². The van der Waals surface area contributed by atoms with Gasteiger partial charge >= 0.3 is 0 Å². The summed E-state index contributed by atoms with van der Waals surface area (Å²) in [6.07, 6.45) is 0. The molecular weight excluding hydrogens is 256 g/mol. The predicted molar refractivity (Wildman–Crippen MR) is 69.5 cm³/mol. The molecule has 0 aliphatic rings. The maximum atomic E-state index is 11.7. The van der Waals surface area contributed by atoms with Gasteiger partial charge in [-0.05, 0) is 6.92 Å². The number of aromatic nitrogens is 2. The van der Waals surface area contributed by atoms with Gasteiger partial charge in [0.1, 0.15) is 5.82 Å². The zero-order chi connectivity index (χ0) is 13.5. The molecule has 0 aliphatic carbocycles. The molecule has 1 aromatic heterocycles. The average molecular weight is 272 g/mol. The van der Waals surface area contributed by atoms with Crippen molar-refractivity contribution in [2.75, 3.05) is 26.0 Å². The molecule has 1 aromatic rings. The van der Waals surface area contributed by atoms with E-state index in [0.29, 0.717) is 18.3 Å². The molecule has 1 unspecified atom stereocenters. The molecule has 0 aliphatic heterocycles. The fraction of sp³-hybridized carbons (Fsp3) is 0.500. The SMILES string of the molecule is COCCNC(=O)C(C)Sc1nc(N)cc(=O)[nH]1. The first-order valence-corrected chi connectivity index (χ1v) is 6.21. The summed E-state index contributed by atoms with van der Waals surface area (Å²) >= 11 is 1.14. The third-order valence-electron chi connectivity index (χ3n) is 2.00. The number of nitrogens with zero attached hydrogens (tertiary/aromatic N) is 1. The normalized spacial score (nSPS) is 12.1. The van der Waals surface area contributed by atoms with Crippen LogP contribution in [0.25, 0.3) is 0 Å². The first-order chi connectivity index (χ1) is 8.52. The van der Waals surface area contributed by atoms with Gasteiger partial charge < -0.3 is 20.8 Å².